The second kappa shape index (κ2) is 9.14. The minimum atomic E-state index is -3.67. The summed E-state index contributed by atoms with van der Waals surface area (Å²) in [5, 5.41) is 31.0. The van der Waals surface area contributed by atoms with Gasteiger partial charge in [0.15, 0.2) is 13.3 Å². The van der Waals surface area contributed by atoms with Crippen LogP contribution in [0.3, 0.4) is 0 Å². The molecule has 2 rings (SSSR count). The number of aliphatic carboxylic acids is 2. The molecule has 162 valence electrons. The SMILES string of the molecule is CCCCC(C(=O)O)C(O)(C(=O)O)[Si](c1ccccc1)(c1ccccc1)C(C)(C)C. The van der Waals surface area contributed by atoms with Gasteiger partial charge in [-0.05, 0) is 21.8 Å². The van der Waals surface area contributed by atoms with Gasteiger partial charge in [0.1, 0.15) is 0 Å². The Morgan fingerprint density at radius 2 is 1.33 bits per heavy atom. The highest BCUT2D eigenvalue weighted by molar-refractivity contribution is 7.08. The molecule has 0 spiro atoms. The van der Waals surface area contributed by atoms with Crippen molar-refractivity contribution in [2.24, 2.45) is 5.92 Å². The van der Waals surface area contributed by atoms with Crippen LogP contribution in [0, 0.1) is 5.92 Å². The molecule has 30 heavy (non-hydrogen) atoms. The van der Waals surface area contributed by atoms with E-state index in [1.54, 1.807) is 0 Å². The lowest BCUT2D eigenvalue weighted by Gasteiger charge is -2.53. The Bertz CT molecular complexity index is 821. The Balaban J connectivity index is 3.05. The summed E-state index contributed by atoms with van der Waals surface area (Å²) in [7, 11) is -3.67. The standard InChI is InChI=1S/C24H32O5Si/c1-5-6-17-20(21(25)26)24(29,22(27)28)30(23(2,3)4,18-13-9-7-10-14-18)19-15-11-8-12-16-19/h7-16,20,29H,5-6,17H2,1-4H3,(H,25,26)(H,27,28). The van der Waals surface area contributed by atoms with Crippen LogP contribution in [0.1, 0.15) is 47.0 Å². The molecule has 0 radical (unpaired) electrons. The van der Waals surface area contributed by atoms with Crippen molar-refractivity contribution < 1.29 is 24.9 Å². The normalized spacial score (nSPS) is 15.2. The molecule has 0 saturated carbocycles. The fraction of sp³-hybridized carbons (Fsp3) is 0.417. The number of aliphatic hydroxyl groups is 1. The summed E-state index contributed by atoms with van der Waals surface area (Å²) in [5.74, 6) is -4.18. The van der Waals surface area contributed by atoms with Gasteiger partial charge in [-0.15, -0.1) is 0 Å². The number of carbonyl (C=O) groups is 2. The van der Waals surface area contributed by atoms with Gasteiger partial charge in [0.25, 0.3) is 0 Å². The first kappa shape index (κ1) is 23.8. The Kier molecular flexibility index (Phi) is 7.26. The first-order valence-electron chi connectivity index (χ1n) is 10.3. The molecule has 2 unspecified atom stereocenters. The molecule has 0 aliphatic heterocycles. The minimum absolute atomic E-state index is 0.0964. The number of hydrogen-bond acceptors (Lipinski definition) is 3. The molecule has 0 aliphatic carbocycles. The van der Waals surface area contributed by atoms with Crippen LogP contribution in [0.4, 0.5) is 0 Å². The predicted octanol–water partition coefficient (Wildman–Crippen LogP) is 3.30. The van der Waals surface area contributed by atoms with Crippen molar-refractivity contribution >= 4 is 30.4 Å². The largest absolute Gasteiger partial charge is 0.481 e. The zero-order chi connectivity index (χ0) is 22.6. The topological polar surface area (TPSA) is 94.8 Å². The molecule has 0 bridgehead atoms. The van der Waals surface area contributed by atoms with Gasteiger partial charge >= 0.3 is 11.9 Å². The van der Waals surface area contributed by atoms with E-state index < -0.39 is 36.2 Å². The molecule has 0 aliphatic rings. The van der Waals surface area contributed by atoms with E-state index in [0.29, 0.717) is 23.2 Å². The third-order valence-corrected chi connectivity index (χ3v) is 12.4. The van der Waals surface area contributed by atoms with Crippen LogP contribution in [0.5, 0.6) is 0 Å². The van der Waals surface area contributed by atoms with Gasteiger partial charge in [0.2, 0.25) is 0 Å². The molecule has 2 atom stereocenters. The van der Waals surface area contributed by atoms with Gasteiger partial charge in [0, 0.05) is 0 Å². The summed E-state index contributed by atoms with van der Waals surface area (Å²) in [5.41, 5.74) is 0. The smallest absolute Gasteiger partial charge is 0.333 e. The van der Waals surface area contributed by atoms with Gasteiger partial charge in [0.05, 0.1) is 5.92 Å². The van der Waals surface area contributed by atoms with Crippen LogP contribution < -0.4 is 10.4 Å². The Morgan fingerprint density at radius 3 is 1.63 bits per heavy atom. The van der Waals surface area contributed by atoms with Crippen molar-refractivity contribution in [3.05, 3.63) is 60.7 Å². The van der Waals surface area contributed by atoms with Gasteiger partial charge < -0.3 is 15.3 Å². The summed E-state index contributed by atoms with van der Waals surface area (Å²) in [6.07, 6.45) is 1.32. The summed E-state index contributed by atoms with van der Waals surface area (Å²) in [6.45, 7) is 7.64. The maximum atomic E-state index is 12.9. The van der Waals surface area contributed by atoms with Crippen LogP contribution in [0.2, 0.25) is 5.04 Å². The van der Waals surface area contributed by atoms with E-state index >= 15 is 0 Å². The summed E-state index contributed by atoms with van der Waals surface area (Å²) >= 11 is 0. The van der Waals surface area contributed by atoms with Gasteiger partial charge in [-0.3, -0.25) is 4.79 Å². The molecule has 3 N–H and O–H groups in total. The Hall–Kier alpha value is -2.44. The van der Waals surface area contributed by atoms with Crippen LogP contribution in [-0.2, 0) is 9.59 Å². The number of benzene rings is 2. The van der Waals surface area contributed by atoms with Gasteiger partial charge in [-0.25, -0.2) is 4.79 Å². The second-order valence-corrected chi connectivity index (χ2v) is 13.8. The summed E-state index contributed by atoms with van der Waals surface area (Å²) in [6, 6.07) is 18.3. The van der Waals surface area contributed by atoms with Crippen molar-refractivity contribution in [3.8, 4) is 0 Å². The summed E-state index contributed by atoms with van der Waals surface area (Å²) < 4.78 is 0. The fourth-order valence-electron chi connectivity index (χ4n) is 4.91. The van der Waals surface area contributed by atoms with Crippen molar-refractivity contribution in [2.75, 3.05) is 0 Å². The third-order valence-electron chi connectivity index (χ3n) is 6.09. The predicted molar refractivity (Wildman–Crippen MR) is 121 cm³/mol. The Morgan fingerprint density at radius 1 is 0.900 bits per heavy atom. The molecule has 0 heterocycles. The molecular formula is C24H32O5Si. The first-order chi connectivity index (χ1) is 14.0. The molecule has 6 heteroatoms. The zero-order valence-electron chi connectivity index (χ0n) is 18.1. The van der Waals surface area contributed by atoms with Crippen LogP contribution in [0.25, 0.3) is 0 Å². The van der Waals surface area contributed by atoms with Gasteiger partial charge in [-0.2, -0.15) is 0 Å². The highest BCUT2D eigenvalue weighted by Crippen LogP contribution is 2.46. The van der Waals surface area contributed by atoms with Crippen molar-refractivity contribution in [2.45, 2.75) is 57.2 Å². The average molecular weight is 429 g/mol. The highest BCUT2D eigenvalue weighted by Gasteiger charge is 2.69. The number of hydrogen-bond donors (Lipinski definition) is 3. The molecule has 0 amide bonds. The summed E-state index contributed by atoms with van der Waals surface area (Å²) in [4.78, 5) is 25.3. The second-order valence-electron chi connectivity index (χ2n) is 8.84. The molecule has 0 fully saturated rings. The average Bonchev–Trinajstić information content (AvgIpc) is 2.69. The molecule has 0 saturated heterocycles. The molecule has 5 nitrogen and oxygen atoms in total. The number of carboxylic acid groups (broad SMARTS) is 2. The van der Waals surface area contributed by atoms with Crippen molar-refractivity contribution in [1.29, 1.82) is 0 Å². The third kappa shape index (κ3) is 3.82. The van der Waals surface area contributed by atoms with E-state index in [9.17, 15) is 24.9 Å². The van der Waals surface area contributed by atoms with Crippen LogP contribution in [0.15, 0.2) is 60.7 Å². The minimum Gasteiger partial charge on any atom is -0.481 e. The zero-order valence-corrected chi connectivity index (χ0v) is 19.1. The lowest BCUT2D eigenvalue weighted by molar-refractivity contribution is -0.165. The molecule has 2 aromatic rings. The van der Waals surface area contributed by atoms with E-state index in [1.165, 1.54) is 0 Å². The van der Waals surface area contributed by atoms with E-state index in [4.69, 9.17) is 0 Å². The van der Waals surface area contributed by atoms with E-state index in [1.807, 2.05) is 88.4 Å². The monoisotopic (exact) mass is 428 g/mol. The van der Waals surface area contributed by atoms with Gasteiger partial charge in [-0.1, -0.05) is 101 Å². The lowest BCUT2D eigenvalue weighted by atomic mass is 9.95. The van der Waals surface area contributed by atoms with Crippen LogP contribution in [-0.4, -0.2) is 40.6 Å². The van der Waals surface area contributed by atoms with Crippen LogP contribution >= 0.6 is 0 Å². The van der Waals surface area contributed by atoms with E-state index in [-0.39, 0.29) is 6.42 Å². The molecule has 0 aromatic heterocycles. The van der Waals surface area contributed by atoms with E-state index in [2.05, 4.69) is 0 Å². The highest BCUT2D eigenvalue weighted by atomic mass is 28.3. The van der Waals surface area contributed by atoms with E-state index in [0.717, 1.165) is 0 Å². The quantitative estimate of drug-likeness (QED) is 0.533. The molecule has 2 aromatic carbocycles. The fourth-order valence-corrected chi connectivity index (χ4v) is 11.5. The maximum absolute atomic E-state index is 12.9. The number of carboxylic acids is 2. The molecular weight excluding hydrogens is 396 g/mol. The number of unbranched alkanes of at least 4 members (excludes halogenated alkanes) is 1. The van der Waals surface area contributed by atoms with Crippen molar-refractivity contribution in [1.82, 2.24) is 0 Å². The lowest BCUT2D eigenvalue weighted by Crippen LogP contribution is -2.82. The van der Waals surface area contributed by atoms with Crippen molar-refractivity contribution in [3.63, 3.8) is 0 Å². The number of rotatable bonds is 9. The Labute approximate surface area is 179 Å². The first-order valence-corrected chi connectivity index (χ1v) is 12.3. The maximum Gasteiger partial charge on any atom is 0.333 e.